The van der Waals surface area contributed by atoms with Gasteiger partial charge in [0.15, 0.2) is 18.1 Å². The van der Waals surface area contributed by atoms with Crippen molar-refractivity contribution in [2.24, 2.45) is 0 Å². The van der Waals surface area contributed by atoms with E-state index >= 15 is 0 Å². The third kappa shape index (κ3) is 6.17. The van der Waals surface area contributed by atoms with Crippen LogP contribution >= 0.6 is 0 Å². The lowest BCUT2D eigenvalue weighted by Crippen LogP contribution is -2.17. The molecule has 0 atom stereocenters. The fourth-order valence-electron chi connectivity index (χ4n) is 3.54. The van der Waals surface area contributed by atoms with E-state index in [4.69, 9.17) is 14.2 Å². The molecule has 0 saturated carbocycles. The Balaban J connectivity index is 1.98. The van der Waals surface area contributed by atoms with Gasteiger partial charge in [-0.1, -0.05) is 24.3 Å². The van der Waals surface area contributed by atoms with Gasteiger partial charge in [-0.25, -0.2) is 9.59 Å². The number of nitrogens with one attached hydrogen (secondary N) is 1. The zero-order chi connectivity index (χ0) is 24.7. The van der Waals surface area contributed by atoms with Crippen molar-refractivity contribution in [3.8, 4) is 11.5 Å². The summed E-state index contributed by atoms with van der Waals surface area (Å²) in [5, 5.41) is 24.4. The van der Waals surface area contributed by atoms with E-state index in [1.54, 1.807) is 31.2 Å². The molecule has 0 fully saturated rings. The number of ether oxygens (including phenoxy) is 3. The number of benzene rings is 3. The Morgan fingerprint density at radius 3 is 2.38 bits per heavy atom. The second kappa shape index (κ2) is 11.4. The Morgan fingerprint density at radius 2 is 1.76 bits per heavy atom. The van der Waals surface area contributed by atoms with Gasteiger partial charge in [-0.15, -0.1) is 0 Å². The number of aliphatic hydroxyl groups is 1. The van der Waals surface area contributed by atoms with Crippen molar-refractivity contribution in [2.45, 2.75) is 40.0 Å². The first kappa shape index (κ1) is 24.9. The summed E-state index contributed by atoms with van der Waals surface area (Å²) in [6.45, 7) is 5.27. The number of hydrogen-bond acceptors (Lipinski definition) is 7. The van der Waals surface area contributed by atoms with E-state index in [-0.39, 0.29) is 38.0 Å². The second-order valence-corrected chi connectivity index (χ2v) is 7.90. The average molecular weight is 468 g/mol. The van der Waals surface area contributed by atoms with Crippen LogP contribution in [-0.2, 0) is 22.7 Å². The molecule has 3 rings (SSSR count). The topological polar surface area (TPSA) is 114 Å². The van der Waals surface area contributed by atoms with Crippen molar-refractivity contribution < 1.29 is 34.0 Å². The highest BCUT2D eigenvalue weighted by molar-refractivity contribution is 6.00. The fourth-order valence-corrected chi connectivity index (χ4v) is 3.54. The second-order valence-electron chi connectivity index (χ2n) is 7.90. The molecule has 3 N–H and O–H groups in total. The minimum Gasteiger partial charge on any atom is -0.487 e. The summed E-state index contributed by atoms with van der Waals surface area (Å²) in [5.74, 6) is -0.880. The quantitative estimate of drug-likeness (QED) is 0.356. The predicted molar refractivity (Wildman–Crippen MR) is 128 cm³/mol. The molecule has 3 aromatic rings. The van der Waals surface area contributed by atoms with Crippen LogP contribution in [0.15, 0.2) is 48.5 Å². The lowest BCUT2D eigenvalue weighted by Gasteiger charge is -2.20. The molecule has 0 aliphatic carbocycles. The summed E-state index contributed by atoms with van der Waals surface area (Å²) in [6, 6.07) is 14.3. The van der Waals surface area contributed by atoms with E-state index < -0.39 is 11.9 Å². The first-order valence-electron chi connectivity index (χ1n) is 11.0. The predicted octanol–water partition coefficient (Wildman–Crippen LogP) is 4.37. The Hall–Kier alpha value is -3.78. The van der Waals surface area contributed by atoms with E-state index in [9.17, 15) is 19.8 Å². The largest absolute Gasteiger partial charge is 0.487 e. The van der Waals surface area contributed by atoms with E-state index in [0.717, 1.165) is 10.8 Å². The van der Waals surface area contributed by atoms with Gasteiger partial charge in [-0.05, 0) is 61.4 Å². The lowest BCUT2D eigenvalue weighted by molar-refractivity contribution is -0.145. The van der Waals surface area contributed by atoms with E-state index in [1.807, 2.05) is 38.1 Å². The first-order chi connectivity index (χ1) is 16.3. The fraction of sp³-hybridized carbons (Fsp3) is 0.308. The smallest absolute Gasteiger partial charge is 0.344 e. The van der Waals surface area contributed by atoms with E-state index in [0.29, 0.717) is 28.3 Å². The summed E-state index contributed by atoms with van der Waals surface area (Å²) >= 11 is 0. The number of fused-ring (bicyclic) bond motifs is 1. The number of aromatic carboxylic acids is 1. The molecule has 0 saturated heterocycles. The van der Waals surface area contributed by atoms with Crippen molar-refractivity contribution >= 4 is 28.4 Å². The summed E-state index contributed by atoms with van der Waals surface area (Å²) in [5.41, 5.74) is 1.75. The number of carboxylic acids is 1. The van der Waals surface area contributed by atoms with Gasteiger partial charge >= 0.3 is 11.9 Å². The number of aliphatic hydroxyl groups excluding tert-OH is 1. The number of carbonyl (C=O) groups excluding carboxylic acids is 1. The molecule has 0 spiro atoms. The Bertz CT molecular complexity index is 1170. The zero-order valence-electron chi connectivity index (χ0n) is 19.5. The summed E-state index contributed by atoms with van der Waals surface area (Å²) in [4.78, 5) is 23.8. The Labute approximate surface area is 198 Å². The molecule has 34 heavy (non-hydrogen) atoms. The number of hydrogen-bond donors (Lipinski definition) is 3. The van der Waals surface area contributed by atoms with Gasteiger partial charge in [0.1, 0.15) is 0 Å². The summed E-state index contributed by atoms with van der Waals surface area (Å²) < 4.78 is 16.6. The van der Waals surface area contributed by atoms with E-state index in [2.05, 4.69) is 5.32 Å². The first-order valence-corrected chi connectivity index (χ1v) is 11.0. The molecule has 0 bridgehead atoms. The maximum absolute atomic E-state index is 11.9. The number of rotatable bonds is 11. The molecule has 3 aromatic carbocycles. The van der Waals surface area contributed by atoms with Gasteiger partial charge in [-0.3, -0.25) is 0 Å². The number of carboxylic acid groups (broad SMARTS) is 1. The Kier molecular flexibility index (Phi) is 8.32. The van der Waals surface area contributed by atoms with Crippen LogP contribution in [-0.4, -0.2) is 41.5 Å². The Morgan fingerprint density at radius 1 is 1.06 bits per heavy atom. The van der Waals surface area contributed by atoms with Gasteiger partial charge in [0.25, 0.3) is 0 Å². The highest BCUT2D eigenvalue weighted by Crippen LogP contribution is 2.35. The van der Waals surface area contributed by atoms with Crippen molar-refractivity contribution in [1.29, 1.82) is 0 Å². The van der Waals surface area contributed by atoms with Gasteiger partial charge in [0.05, 0.1) is 24.9 Å². The van der Waals surface area contributed by atoms with Crippen molar-refractivity contribution in [2.75, 3.05) is 18.5 Å². The molecule has 0 amide bonds. The van der Waals surface area contributed by atoms with Crippen LogP contribution < -0.4 is 14.8 Å². The molecule has 0 aliphatic rings. The van der Waals surface area contributed by atoms with Gasteiger partial charge in [0, 0.05) is 17.8 Å². The van der Waals surface area contributed by atoms with Crippen LogP contribution in [0.1, 0.15) is 42.3 Å². The maximum Gasteiger partial charge on any atom is 0.344 e. The maximum atomic E-state index is 11.9. The molecule has 8 heteroatoms. The highest BCUT2D eigenvalue weighted by atomic mass is 16.6. The normalized spacial score (nSPS) is 10.9. The van der Waals surface area contributed by atoms with Crippen molar-refractivity contribution in [1.82, 2.24) is 0 Å². The van der Waals surface area contributed by atoms with Crippen molar-refractivity contribution in [3.05, 3.63) is 65.2 Å². The van der Waals surface area contributed by atoms with Crippen molar-refractivity contribution in [3.63, 3.8) is 0 Å². The van der Waals surface area contributed by atoms with Crippen LogP contribution in [0.25, 0.3) is 10.8 Å². The number of esters is 1. The van der Waals surface area contributed by atoms with Crippen LogP contribution in [0.5, 0.6) is 11.5 Å². The third-order valence-corrected chi connectivity index (χ3v) is 4.96. The summed E-state index contributed by atoms with van der Waals surface area (Å²) in [6.07, 6.45) is -0.182. The standard InChI is InChI=1S/C26H29NO7/c1-4-32-24(29)15-33-25-20(9-17(14-28)10-23(25)34-16(2)3)13-27-22-12-19-8-6-5-7-18(19)11-21(22)26(30)31/h5-12,16,27-28H,4,13-15H2,1-3H3,(H,30,31). The molecular formula is C26H29NO7. The molecule has 0 aliphatic heterocycles. The van der Waals surface area contributed by atoms with Crippen LogP contribution in [0.3, 0.4) is 0 Å². The average Bonchev–Trinajstić information content (AvgIpc) is 2.80. The lowest BCUT2D eigenvalue weighted by atomic mass is 10.0. The monoisotopic (exact) mass is 467 g/mol. The molecule has 180 valence electrons. The van der Waals surface area contributed by atoms with E-state index in [1.165, 1.54) is 0 Å². The highest BCUT2D eigenvalue weighted by Gasteiger charge is 2.18. The minimum atomic E-state index is -1.06. The summed E-state index contributed by atoms with van der Waals surface area (Å²) in [7, 11) is 0. The zero-order valence-corrected chi connectivity index (χ0v) is 19.5. The van der Waals surface area contributed by atoms with Gasteiger partial charge in [0.2, 0.25) is 0 Å². The molecular weight excluding hydrogens is 438 g/mol. The molecule has 0 radical (unpaired) electrons. The minimum absolute atomic E-state index is 0.129. The van der Waals surface area contributed by atoms with Crippen LogP contribution in [0, 0.1) is 0 Å². The van der Waals surface area contributed by atoms with Crippen LogP contribution in [0.2, 0.25) is 0 Å². The molecule has 8 nitrogen and oxygen atoms in total. The third-order valence-electron chi connectivity index (χ3n) is 4.96. The molecule has 0 aromatic heterocycles. The molecule has 0 heterocycles. The van der Waals surface area contributed by atoms with Gasteiger partial charge in [-0.2, -0.15) is 0 Å². The number of carbonyl (C=O) groups is 2. The molecule has 0 unspecified atom stereocenters. The van der Waals surface area contributed by atoms with Crippen LogP contribution in [0.4, 0.5) is 5.69 Å². The number of anilines is 1. The van der Waals surface area contributed by atoms with Gasteiger partial charge < -0.3 is 29.7 Å². The SMILES string of the molecule is CCOC(=O)COc1c(CNc2cc3ccccc3cc2C(=O)O)cc(CO)cc1OC(C)C.